The van der Waals surface area contributed by atoms with Crippen LogP contribution in [-0.2, 0) is 0 Å². The molecule has 0 aliphatic carbocycles. The van der Waals surface area contributed by atoms with Crippen LogP contribution in [0.15, 0.2) is 35.3 Å². The van der Waals surface area contributed by atoms with Crippen molar-refractivity contribution < 1.29 is 4.74 Å². The maximum atomic E-state index is 6.06. The lowest BCUT2D eigenvalue weighted by molar-refractivity contribution is 0.129. The first kappa shape index (κ1) is 22.0. The number of aliphatic imine (C=N–C) groups is 1. The minimum absolute atomic E-state index is 0. The van der Waals surface area contributed by atoms with Crippen LogP contribution in [0.4, 0.5) is 0 Å². The van der Waals surface area contributed by atoms with Gasteiger partial charge in [0.25, 0.3) is 0 Å². The fraction of sp³-hybridized carbons (Fsp3) is 0.632. The molecule has 1 saturated heterocycles. The first-order chi connectivity index (χ1) is 11.6. The number of nitrogens with zero attached hydrogens (tertiary/aromatic N) is 3. The Hall–Kier alpha value is -1.02. The summed E-state index contributed by atoms with van der Waals surface area (Å²) in [5.74, 6) is 1.97. The van der Waals surface area contributed by atoms with Crippen molar-refractivity contribution in [3.05, 3.63) is 30.3 Å². The second kappa shape index (κ2) is 11.6. The highest BCUT2D eigenvalue weighted by molar-refractivity contribution is 14.0. The number of halogens is 1. The van der Waals surface area contributed by atoms with Crippen molar-refractivity contribution in [2.75, 3.05) is 40.3 Å². The Kier molecular flexibility index (Phi) is 10.2. The molecule has 25 heavy (non-hydrogen) atoms. The Morgan fingerprint density at radius 3 is 2.48 bits per heavy atom. The van der Waals surface area contributed by atoms with E-state index in [0.717, 1.165) is 50.7 Å². The van der Waals surface area contributed by atoms with Crippen LogP contribution in [0.1, 0.15) is 26.7 Å². The average molecular weight is 460 g/mol. The molecule has 1 heterocycles. The number of benzene rings is 1. The third-order valence-electron chi connectivity index (χ3n) is 4.63. The van der Waals surface area contributed by atoms with Crippen molar-refractivity contribution >= 4 is 29.9 Å². The zero-order valence-electron chi connectivity index (χ0n) is 15.9. The summed E-state index contributed by atoms with van der Waals surface area (Å²) in [5, 5.41) is 3.48. The minimum Gasteiger partial charge on any atom is -0.490 e. The van der Waals surface area contributed by atoms with Gasteiger partial charge in [-0.25, -0.2) is 0 Å². The summed E-state index contributed by atoms with van der Waals surface area (Å²) in [7, 11) is 4.02. The van der Waals surface area contributed by atoms with E-state index in [-0.39, 0.29) is 24.0 Å². The van der Waals surface area contributed by atoms with Crippen LogP contribution in [0.2, 0.25) is 0 Å². The molecule has 2 rings (SSSR count). The van der Waals surface area contributed by atoms with Crippen LogP contribution in [0.25, 0.3) is 0 Å². The summed E-state index contributed by atoms with van der Waals surface area (Å²) in [4.78, 5) is 9.10. The molecule has 5 nitrogen and oxygen atoms in total. The molecule has 1 fully saturated rings. The lowest BCUT2D eigenvalue weighted by atomic mass is 10.1. The minimum atomic E-state index is 0. The zero-order chi connectivity index (χ0) is 17.4. The summed E-state index contributed by atoms with van der Waals surface area (Å²) >= 11 is 0. The van der Waals surface area contributed by atoms with Gasteiger partial charge >= 0.3 is 0 Å². The van der Waals surface area contributed by atoms with Crippen LogP contribution in [0, 0.1) is 0 Å². The monoisotopic (exact) mass is 460 g/mol. The van der Waals surface area contributed by atoms with Crippen molar-refractivity contribution in [1.29, 1.82) is 0 Å². The Morgan fingerprint density at radius 1 is 1.28 bits per heavy atom. The van der Waals surface area contributed by atoms with E-state index in [1.54, 1.807) is 0 Å². The van der Waals surface area contributed by atoms with Gasteiger partial charge in [0.2, 0.25) is 0 Å². The van der Waals surface area contributed by atoms with E-state index in [1.165, 1.54) is 0 Å². The third-order valence-corrected chi connectivity index (χ3v) is 4.63. The van der Waals surface area contributed by atoms with Gasteiger partial charge in [-0.1, -0.05) is 18.2 Å². The van der Waals surface area contributed by atoms with E-state index in [9.17, 15) is 0 Å². The number of hydrogen-bond donors (Lipinski definition) is 1. The fourth-order valence-corrected chi connectivity index (χ4v) is 2.81. The number of para-hydroxylation sites is 1. The van der Waals surface area contributed by atoms with E-state index >= 15 is 0 Å². The summed E-state index contributed by atoms with van der Waals surface area (Å²) in [6.45, 7) is 8.33. The van der Waals surface area contributed by atoms with Gasteiger partial charge in [0.15, 0.2) is 5.96 Å². The molecule has 1 aromatic carbocycles. The number of nitrogens with one attached hydrogen (secondary N) is 1. The molecule has 0 bridgehead atoms. The van der Waals surface area contributed by atoms with Crippen LogP contribution < -0.4 is 10.1 Å². The molecule has 1 aromatic rings. The smallest absolute Gasteiger partial charge is 0.193 e. The van der Waals surface area contributed by atoms with Gasteiger partial charge in [-0.05, 0) is 33.0 Å². The van der Waals surface area contributed by atoms with Gasteiger partial charge in [0.1, 0.15) is 11.9 Å². The highest BCUT2D eigenvalue weighted by Crippen LogP contribution is 2.18. The van der Waals surface area contributed by atoms with Crippen molar-refractivity contribution in [1.82, 2.24) is 15.1 Å². The van der Waals surface area contributed by atoms with Gasteiger partial charge < -0.3 is 19.9 Å². The van der Waals surface area contributed by atoms with Gasteiger partial charge in [-0.3, -0.25) is 4.99 Å². The molecule has 142 valence electrons. The van der Waals surface area contributed by atoms with Gasteiger partial charge in [0, 0.05) is 52.1 Å². The number of likely N-dealkylation sites (tertiary alicyclic amines) is 1. The molecular weight excluding hydrogens is 427 g/mol. The first-order valence-electron chi connectivity index (χ1n) is 8.97. The first-order valence-corrected chi connectivity index (χ1v) is 8.97. The molecule has 0 amide bonds. The predicted molar refractivity (Wildman–Crippen MR) is 116 cm³/mol. The molecule has 0 spiro atoms. The maximum absolute atomic E-state index is 6.06. The second-order valence-electron chi connectivity index (χ2n) is 6.67. The van der Waals surface area contributed by atoms with Gasteiger partial charge in [0.05, 0.1) is 0 Å². The summed E-state index contributed by atoms with van der Waals surface area (Å²) in [6, 6.07) is 10.7. The van der Waals surface area contributed by atoms with E-state index in [1.807, 2.05) is 37.4 Å². The van der Waals surface area contributed by atoms with E-state index < -0.39 is 0 Å². The SMILES string of the molecule is CN=C(NCCN(C)C(C)C)N1CCC(Oc2ccccc2)CC1.I. The standard InChI is InChI=1S/C19H32N4O.HI/c1-16(2)22(4)15-12-21-19(20-3)23-13-10-18(11-14-23)24-17-8-6-5-7-9-17;/h5-9,16,18H,10-15H2,1-4H3,(H,20,21);1H. The summed E-state index contributed by atoms with van der Waals surface area (Å²) < 4.78 is 6.06. The number of rotatable bonds is 6. The molecule has 0 unspecified atom stereocenters. The molecule has 1 N–H and O–H groups in total. The van der Waals surface area contributed by atoms with Crippen molar-refractivity contribution in [2.24, 2.45) is 4.99 Å². The predicted octanol–water partition coefficient (Wildman–Crippen LogP) is 3.06. The van der Waals surface area contributed by atoms with Crippen molar-refractivity contribution in [2.45, 2.75) is 38.8 Å². The largest absolute Gasteiger partial charge is 0.490 e. The molecule has 0 saturated carbocycles. The lowest BCUT2D eigenvalue weighted by Gasteiger charge is -2.34. The van der Waals surface area contributed by atoms with E-state index in [0.29, 0.717) is 12.1 Å². The summed E-state index contributed by atoms with van der Waals surface area (Å²) in [6.07, 6.45) is 2.36. The number of piperidine rings is 1. The highest BCUT2D eigenvalue weighted by Gasteiger charge is 2.22. The topological polar surface area (TPSA) is 40.1 Å². The van der Waals surface area contributed by atoms with Crippen LogP contribution in [0.5, 0.6) is 5.75 Å². The molecule has 1 aliphatic rings. The Labute approximate surface area is 169 Å². The Balaban J connectivity index is 0.00000312. The average Bonchev–Trinajstić information content (AvgIpc) is 2.60. The van der Waals surface area contributed by atoms with E-state index in [2.05, 4.69) is 41.0 Å². The molecular formula is C19H33IN4O. The quantitative estimate of drug-likeness (QED) is 0.403. The number of ether oxygens (including phenoxy) is 1. The molecule has 0 radical (unpaired) electrons. The zero-order valence-corrected chi connectivity index (χ0v) is 18.3. The second-order valence-corrected chi connectivity index (χ2v) is 6.67. The van der Waals surface area contributed by atoms with Crippen molar-refractivity contribution in [3.8, 4) is 5.75 Å². The van der Waals surface area contributed by atoms with Crippen LogP contribution in [-0.4, -0.2) is 68.2 Å². The number of guanidine groups is 1. The molecule has 6 heteroatoms. The highest BCUT2D eigenvalue weighted by atomic mass is 127. The number of likely N-dealkylation sites (N-methyl/N-ethyl adjacent to an activating group) is 1. The lowest BCUT2D eigenvalue weighted by Crippen LogP contribution is -2.49. The van der Waals surface area contributed by atoms with Gasteiger partial charge in [-0.15, -0.1) is 24.0 Å². The van der Waals surface area contributed by atoms with Gasteiger partial charge in [-0.2, -0.15) is 0 Å². The van der Waals surface area contributed by atoms with Crippen LogP contribution >= 0.6 is 24.0 Å². The van der Waals surface area contributed by atoms with Crippen molar-refractivity contribution in [3.63, 3.8) is 0 Å². The van der Waals surface area contributed by atoms with E-state index in [4.69, 9.17) is 4.74 Å². The summed E-state index contributed by atoms with van der Waals surface area (Å²) in [5.41, 5.74) is 0. The fourth-order valence-electron chi connectivity index (χ4n) is 2.81. The molecule has 1 aliphatic heterocycles. The molecule has 0 atom stereocenters. The maximum Gasteiger partial charge on any atom is 0.193 e. The Bertz CT molecular complexity index is 501. The Morgan fingerprint density at radius 2 is 1.92 bits per heavy atom. The van der Waals surface area contributed by atoms with Crippen LogP contribution in [0.3, 0.4) is 0 Å². The number of hydrogen-bond acceptors (Lipinski definition) is 3. The third kappa shape index (κ3) is 7.40. The molecule has 0 aromatic heterocycles. The normalized spacial score (nSPS) is 16.1.